The molecule has 2 aliphatic rings. The molecule has 8 aromatic carbocycles. The second kappa shape index (κ2) is 12.7. The zero-order valence-corrected chi connectivity index (χ0v) is 33.9. The summed E-state index contributed by atoms with van der Waals surface area (Å²) in [6, 6.07) is 73.5. The van der Waals surface area contributed by atoms with E-state index >= 15 is 0 Å². The Labute approximate surface area is 345 Å². The maximum absolute atomic E-state index is 5.68. The van der Waals surface area contributed by atoms with Gasteiger partial charge in [-0.15, -0.1) is 0 Å². The molecule has 0 N–H and O–H groups in total. The molecule has 0 saturated heterocycles. The number of fused-ring (bicyclic) bond motifs is 10. The molecule has 0 fully saturated rings. The third-order valence-electron chi connectivity index (χ3n) is 13.1. The van der Waals surface area contributed by atoms with Crippen molar-refractivity contribution in [2.75, 3.05) is 0 Å². The highest BCUT2D eigenvalue weighted by atomic mass is 28.3. The van der Waals surface area contributed by atoms with Crippen molar-refractivity contribution >= 4 is 50.6 Å². The molecule has 1 aliphatic heterocycles. The Morgan fingerprint density at radius 3 is 1.85 bits per heavy atom. The predicted octanol–water partition coefficient (Wildman–Crippen LogP) is 10.6. The predicted molar refractivity (Wildman–Crippen MR) is 247 cm³/mol. The molecule has 10 aromatic rings. The first-order valence-electron chi connectivity index (χ1n) is 20.5. The summed E-state index contributed by atoms with van der Waals surface area (Å²) in [5.41, 5.74) is 14.1. The average Bonchev–Trinajstić information content (AvgIpc) is 3.89. The van der Waals surface area contributed by atoms with Gasteiger partial charge in [-0.3, -0.25) is 0 Å². The van der Waals surface area contributed by atoms with E-state index in [4.69, 9.17) is 9.97 Å². The maximum Gasteiger partial charge on any atom is 0.185 e. The lowest BCUT2D eigenvalue weighted by atomic mass is 9.82. The first kappa shape index (κ1) is 33.9. The van der Waals surface area contributed by atoms with Gasteiger partial charge in [0.25, 0.3) is 0 Å². The lowest BCUT2D eigenvalue weighted by Gasteiger charge is -2.32. The van der Waals surface area contributed by atoms with Crippen molar-refractivity contribution < 1.29 is 0 Å². The van der Waals surface area contributed by atoms with Gasteiger partial charge in [-0.2, -0.15) is 0 Å². The zero-order chi connectivity index (χ0) is 39.3. The summed E-state index contributed by atoms with van der Waals surface area (Å²) in [6.07, 6.45) is 0. The topological polar surface area (TPSA) is 30.7 Å². The van der Waals surface area contributed by atoms with Crippen LogP contribution in [0.25, 0.3) is 72.5 Å². The third-order valence-corrected chi connectivity index (χ3v) is 17.9. The molecule has 1 aliphatic carbocycles. The van der Waals surface area contributed by atoms with E-state index < -0.39 is 8.07 Å². The van der Waals surface area contributed by atoms with E-state index in [0.29, 0.717) is 0 Å². The highest BCUT2D eigenvalue weighted by Crippen LogP contribution is 2.53. The third kappa shape index (κ3) is 4.69. The Bertz CT molecular complexity index is 3250. The van der Waals surface area contributed by atoms with Gasteiger partial charge in [-0.05, 0) is 50.4 Å². The number of nitrogens with zero attached hydrogens (tertiary/aromatic N) is 3. The van der Waals surface area contributed by atoms with Crippen LogP contribution in [0.2, 0.25) is 0 Å². The van der Waals surface area contributed by atoms with E-state index in [-0.39, 0.29) is 5.41 Å². The summed E-state index contributed by atoms with van der Waals surface area (Å²) >= 11 is 0. The summed E-state index contributed by atoms with van der Waals surface area (Å²) < 4.78 is 2.51. The quantitative estimate of drug-likeness (QED) is 0.163. The standard InChI is InChI=1S/C55H39N3Si/c1-55(2)45-30-15-12-28-43(45)49-46(55)34-33-42-41-27-13-16-31-47(41)58(52(42)49)38-22-18-21-37(35-38)50-53-51(57-54(56-50)36-19-6-3-7-20-36)44-29-14-17-32-48(44)59(53,39-23-8-4-9-24-39)40-25-10-5-11-26-40/h3-35H,1-2H3. The van der Waals surface area contributed by atoms with E-state index in [0.717, 1.165) is 34.0 Å². The van der Waals surface area contributed by atoms with Crippen LogP contribution in [-0.4, -0.2) is 22.6 Å². The lowest BCUT2D eigenvalue weighted by molar-refractivity contribution is 0.661. The highest BCUT2D eigenvalue weighted by Gasteiger charge is 2.51. The fourth-order valence-electron chi connectivity index (χ4n) is 10.5. The number of hydrogen-bond acceptors (Lipinski definition) is 2. The van der Waals surface area contributed by atoms with Gasteiger partial charge in [0.1, 0.15) is 0 Å². The van der Waals surface area contributed by atoms with Crippen LogP contribution in [0, 0.1) is 0 Å². The molecule has 2 aromatic heterocycles. The summed E-state index contributed by atoms with van der Waals surface area (Å²) in [6.45, 7) is 4.73. The highest BCUT2D eigenvalue weighted by molar-refractivity contribution is 7.22. The van der Waals surface area contributed by atoms with Crippen LogP contribution in [0.15, 0.2) is 200 Å². The molecule has 3 nitrogen and oxygen atoms in total. The first-order chi connectivity index (χ1) is 29.0. The normalized spacial score (nSPS) is 14.2. The van der Waals surface area contributed by atoms with Gasteiger partial charge in [0.15, 0.2) is 13.9 Å². The van der Waals surface area contributed by atoms with Crippen molar-refractivity contribution in [3.63, 3.8) is 0 Å². The smallest absolute Gasteiger partial charge is 0.185 e. The second-order valence-corrected chi connectivity index (χ2v) is 20.2. The van der Waals surface area contributed by atoms with Crippen molar-refractivity contribution in [3.8, 4) is 50.7 Å². The number of hydrogen-bond donors (Lipinski definition) is 0. The zero-order valence-electron chi connectivity index (χ0n) is 32.9. The number of rotatable bonds is 5. The van der Waals surface area contributed by atoms with Crippen LogP contribution in [0.5, 0.6) is 0 Å². The monoisotopic (exact) mass is 769 g/mol. The van der Waals surface area contributed by atoms with E-state index in [9.17, 15) is 0 Å². The molecule has 0 unspecified atom stereocenters. The number of para-hydroxylation sites is 1. The summed E-state index contributed by atoms with van der Waals surface area (Å²) in [5, 5.41) is 7.76. The first-order valence-corrected chi connectivity index (χ1v) is 22.5. The molecular formula is C55H39N3Si. The molecular weight excluding hydrogens is 731 g/mol. The van der Waals surface area contributed by atoms with Crippen LogP contribution < -0.4 is 20.7 Å². The van der Waals surface area contributed by atoms with Crippen LogP contribution in [0.4, 0.5) is 0 Å². The molecule has 3 heterocycles. The maximum atomic E-state index is 5.68. The number of benzene rings is 8. The summed E-state index contributed by atoms with van der Waals surface area (Å²) in [4.78, 5) is 11.2. The van der Waals surface area contributed by atoms with Gasteiger partial charge >= 0.3 is 0 Å². The molecule has 0 radical (unpaired) electrons. The fraction of sp³-hybridized carbons (Fsp3) is 0.0545. The Morgan fingerprint density at radius 2 is 1.08 bits per heavy atom. The summed E-state index contributed by atoms with van der Waals surface area (Å²) in [5.74, 6) is 0.735. The molecule has 0 saturated carbocycles. The van der Waals surface area contributed by atoms with E-state index in [1.165, 1.54) is 70.4 Å². The van der Waals surface area contributed by atoms with Crippen LogP contribution >= 0.6 is 0 Å². The van der Waals surface area contributed by atoms with Crippen molar-refractivity contribution in [1.29, 1.82) is 0 Å². The van der Waals surface area contributed by atoms with Gasteiger partial charge < -0.3 is 4.57 Å². The molecule has 0 bridgehead atoms. The number of aromatic nitrogens is 3. The molecule has 0 spiro atoms. The Hall–Kier alpha value is -7.14. The fourth-order valence-corrected chi connectivity index (χ4v) is 15.8. The van der Waals surface area contributed by atoms with Crippen molar-refractivity contribution in [1.82, 2.24) is 14.5 Å². The molecule has 4 heteroatoms. The molecule has 0 amide bonds. The van der Waals surface area contributed by atoms with Crippen molar-refractivity contribution in [2.45, 2.75) is 19.3 Å². The Morgan fingerprint density at radius 1 is 0.475 bits per heavy atom. The largest absolute Gasteiger partial charge is 0.309 e. The van der Waals surface area contributed by atoms with Gasteiger partial charge in [0.2, 0.25) is 0 Å². The molecule has 12 rings (SSSR count). The van der Waals surface area contributed by atoms with Crippen LogP contribution in [0.1, 0.15) is 25.0 Å². The minimum atomic E-state index is -2.95. The minimum absolute atomic E-state index is 0.115. The average molecular weight is 770 g/mol. The van der Waals surface area contributed by atoms with E-state index in [1.807, 2.05) is 0 Å². The molecule has 278 valence electrons. The van der Waals surface area contributed by atoms with Crippen molar-refractivity contribution in [3.05, 3.63) is 211 Å². The molecule has 59 heavy (non-hydrogen) atoms. The van der Waals surface area contributed by atoms with Gasteiger partial charge in [-0.1, -0.05) is 196 Å². The Kier molecular flexibility index (Phi) is 7.29. The van der Waals surface area contributed by atoms with Crippen LogP contribution in [-0.2, 0) is 5.41 Å². The summed E-state index contributed by atoms with van der Waals surface area (Å²) in [7, 11) is -2.95. The second-order valence-electron chi connectivity index (χ2n) is 16.5. The SMILES string of the molecule is CC1(C)c2ccccc2-c2c1ccc1c3ccccc3n(-c3cccc(-c4nc(-c5ccccc5)nc5c4[Si](c4ccccc4)(c4ccccc4)c4ccccc4-5)c3)c21. The Balaban J connectivity index is 1.20. The minimum Gasteiger partial charge on any atom is -0.309 e. The lowest BCUT2D eigenvalue weighted by Crippen LogP contribution is -2.73. The van der Waals surface area contributed by atoms with Gasteiger partial charge in [-0.25, -0.2) is 9.97 Å². The van der Waals surface area contributed by atoms with E-state index in [2.05, 4.69) is 219 Å². The van der Waals surface area contributed by atoms with E-state index in [1.54, 1.807) is 0 Å². The van der Waals surface area contributed by atoms with Gasteiger partial charge in [0.05, 0.1) is 22.4 Å². The van der Waals surface area contributed by atoms with Crippen molar-refractivity contribution in [2.24, 2.45) is 0 Å². The van der Waals surface area contributed by atoms with Gasteiger partial charge in [0, 0.05) is 49.3 Å². The van der Waals surface area contributed by atoms with Crippen LogP contribution in [0.3, 0.4) is 0 Å². The molecule has 0 atom stereocenters.